The molecule has 7 nitrogen and oxygen atoms in total. The van der Waals surface area contributed by atoms with Crippen LogP contribution in [-0.2, 0) is 0 Å². The molecule has 2 aliphatic heterocycles. The fourth-order valence-electron chi connectivity index (χ4n) is 4.90. The highest BCUT2D eigenvalue weighted by Gasteiger charge is 2.37. The van der Waals surface area contributed by atoms with E-state index >= 15 is 0 Å². The number of pyridine rings is 1. The molecule has 3 aromatic heterocycles. The number of aromatic amines is 1. The first-order chi connectivity index (χ1) is 16.1. The molecule has 5 heterocycles. The Morgan fingerprint density at radius 3 is 2.85 bits per heavy atom. The Morgan fingerprint density at radius 2 is 2.00 bits per heavy atom. The highest BCUT2D eigenvalue weighted by Crippen LogP contribution is 2.40. The van der Waals surface area contributed by atoms with Gasteiger partial charge < -0.3 is 10.2 Å². The van der Waals surface area contributed by atoms with Crippen LogP contribution < -0.4 is 10.2 Å². The number of rotatable bonds is 4. The van der Waals surface area contributed by atoms with E-state index < -0.39 is 23.8 Å². The molecule has 2 saturated heterocycles. The first kappa shape index (κ1) is 20.2. The first-order valence-corrected chi connectivity index (χ1v) is 11.0. The van der Waals surface area contributed by atoms with Crippen LogP contribution in [0.15, 0.2) is 42.9 Å². The Hall–Kier alpha value is -3.40. The second-order valence-corrected chi connectivity index (χ2v) is 8.69. The van der Waals surface area contributed by atoms with Gasteiger partial charge in [0.2, 0.25) is 0 Å². The molecule has 0 unspecified atom stereocenters. The van der Waals surface area contributed by atoms with Crippen molar-refractivity contribution in [1.82, 2.24) is 30.3 Å². The number of anilines is 1. The molecule has 0 spiro atoms. The topological polar surface area (TPSA) is 74.7 Å². The molecule has 6 rings (SSSR count). The van der Waals surface area contributed by atoms with Gasteiger partial charge in [-0.2, -0.15) is 10.2 Å². The number of hydrogen-bond acceptors (Lipinski definition) is 5. The zero-order valence-electron chi connectivity index (χ0n) is 17.7. The predicted molar refractivity (Wildman–Crippen MR) is 118 cm³/mol. The van der Waals surface area contributed by atoms with E-state index in [1.165, 1.54) is 0 Å². The summed E-state index contributed by atoms with van der Waals surface area (Å²) in [5.74, 6) is -0.646. The molecule has 170 valence electrons. The van der Waals surface area contributed by atoms with Gasteiger partial charge in [0.15, 0.2) is 11.5 Å². The van der Waals surface area contributed by atoms with Gasteiger partial charge in [-0.25, -0.2) is 18.2 Å². The summed E-state index contributed by atoms with van der Waals surface area (Å²) in [6.45, 7) is 1.91. The fraction of sp³-hybridized carbons (Fsp3) is 0.348. The third-order valence-electron chi connectivity index (χ3n) is 6.58. The van der Waals surface area contributed by atoms with Crippen molar-refractivity contribution in [2.45, 2.75) is 31.1 Å². The van der Waals surface area contributed by atoms with Crippen LogP contribution in [0.1, 0.15) is 30.5 Å². The van der Waals surface area contributed by atoms with Crippen molar-refractivity contribution in [3.05, 3.63) is 60.1 Å². The highest BCUT2D eigenvalue weighted by atomic mass is 19.1. The van der Waals surface area contributed by atoms with Crippen molar-refractivity contribution in [2.24, 2.45) is 0 Å². The number of hydrogen-bond donors (Lipinski definition) is 2. The second-order valence-electron chi connectivity index (χ2n) is 8.69. The maximum atomic E-state index is 14.5. The minimum Gasteiger partial charge on any atom is -0.344 e. The molecule has 0 amide bonds. The van der Waals surface area contributed by atoms with Crippen molar-refractivity contribution < 1.29 is 13.2 Å². The lowest BCUT2D eigenvalue weighted by molar-refractivity contribution is 0.356. The molecular formula is C23H22F3N7. The molecule has 4 aromatic rings. The fourth-order valence-corrected chi connectivity index (χ4v) is 4.90. The van der Waals surface area contributed by atoms with Crippen molar-refractivity contribution >= 4 is 16.9 Å². The number of aromatic nitrogens is 5. The molecular weight excluding hydrogens is 431 g/mol. The predicted octanol–water partition coefficient (Wildman–Crippen LogP) is 3.92. The molecule has 2 N–H and O–H groups in total. The molecule has 2 fully saturated rings. The van der Waals surface area contributed by atoms with Gasteiger partial charge in [0.05, 0.1) is 30.2 Å². The van der Waals surface area contributed by atoms with Crippen molar-refractivity contribution in [3.63, 3.8) is 0 Å². The van der Waals surface area contributed by atoms with E-state index in [1.54, 1.807) is 17.3 Å². The minimum atomic E-state index is -1.18. The average Bonchev–Trinajstić information content (AvgIpc) is 3.60. The van der Waals surface area contributed by atoms with E-state index in [0.29, 0.717) is 22.9 Å². The third-order valence-corrected chi connectivity index (χ3v) is 6.58. The standard InChI is InChI=1S/C23H22F3N7/c24-15-1-2-20(26)18(6-15)21-7-16(25)12-32(21)23-19-5-13(8-28-22(19)30-31-23)14-9-29-33(11-14)17-3-4-27-10-17/h1-2,5-6,8-9,11,16-17,21,27H,3-4,7,10,12H2,(H,28,30,31)/t16-,17-,21+/m0/s1. The van der Waals surface area contributed by atoms with Crippen molar-refractivity contribution in [2.75, 3.05) is 24.5 Å². The first-order valence-electron chi connectivity index (χ1n) is 11.0. The summed E-state index contributed by atoms with van der Waals surface area (Å²) in [6, 6.07) is 4.87. The maximum absolute atomic E-state index is 14.5. The van der Waals surface area contributed by atoms with Gasteiger partial charge in [-0.3, -0.25) is 9.78 Å². The molecule has 0 aliphatic carbocycles. The summed E-state index contributed by atoms with van der Waals surface area (Å²) in [5.41, 5.74) is 2.44. The van der Waals surface area contributed by atoms with Gasteiger partial charge in [-0.1, -0.05) is 0 Å². The van der Waals surface area contributed by atoms with E-state index in [1.807, 2.05) is 16.9 Å². The molecule has 1 aromatic carbocycles. The van der Waals surface area contributed by atoms with Crippen LogP contribution >= 0.6 is 0 Å². The normalized spacial score (nSPS) is 23.1. The quantitative estimate of drug-likeness (QED) is 0.490. The summed E-state index contributed by atoms with van der Waals surface area (Å²) < 4.78 is 44.8. The lowest BCUT2D eigenvalue weighted by atomic mass is 10.0. The zero-order valence-corrected chi connectivity index (χ0v) is 17.7. The maximum Gasteiger partial charge on any atom is 0.160 e. The Morgan fingerprint density at radius 1 is 1.09 bits per heavy atom. The highest BCUT2D eigenvalue weighted by molar-refractivity contribution is 5.91. The van der Waals surface area contributed by atoms with Crippen LogP contribution in [0.5, 0.6) is 0 Å². The lowest BCUT2D eigenvalue weighted by Crippen LogP contribution is -2.25. The summed E-state index contributed by atoms with van der Waals surface area (Å²) in [4.78, 5) is 6.18. The van der Waals surface area contributed by atoms with Gasteiger partial charge in [0.25, 0.3) is 0 Å². The van der Waals surface area contributed by atoms with E-state index in [-0.39, 0.29) is 18.5 Å². The molecule has 10 heteroatoms. The molecule has 0 saturated carbocycles. The number of nitrogens with zero attached hydrogens (tertiary/aromatic N) is 5. The Kier molecular flexibility index (Phi) is 4.83. The van der Waals surface area contributed by atoms with Crippen molar-refractivity contribution in [1.29, 1.82) is 0 Å². The Bertz CT molecular complexity index is 1310. The van der Waals surface area contributed by atoms with Gasteiger partial charge in [-0.05, 0) is 37.2 Å². The summed E-state index contributed by atoms with van der Waals surface area (Å²) in [6.07, 6.45) is 5.45. The summed E-state index contributed by atoms with van der Waals surface area (Å²) >= 11 is 0. The number of halogens is 3. The van der Waals surface area contributed by atoms with Crippen LogP contribution in [0.2, 0.25) is 0 Å². The van der Waals surface area contributed by atoms with E-state index in [4.69, 9.17) is 0 Å². The second kappa shape index (κ2) is 7.87. The number of alkyl halides is 1. The van der Waals surface area contributed by atoms with Crippen LogP contribution in [0.3, 0.4) is 0 Å². The summed E-state index contributed by atoms with van der Waals surface area (Å²) in [7, 11) is 0. The largest absolute Gasteiger partial charge is 0.344 e. The van der Waals surface area contributed by atoms with E-state index in [2.05, 4.69) is 25.6 Å². The van der Waals surface area contributed by atoms with Crippen molar-refractivity contribution in [3.8, 4) is 11.1 Å². The Balaban J connectivity index is 1.38. The molecule has 2 aliphatic rings. The molecule has 3 atom stereocenters. The number of H-pyrrole nitrogens is 1. The van der Waals surface area contributed by atoms with Gasteiger partial charge in [0, 0.05) is 42.0 Å². The number of fused-ring (bicyclic) bond motifs is 1. The van der Waals surface area contributed by atoms with Gasteiger partial charge >= 0.3 is 0 Å². The van der Waals surface area contributed by atoms with E-state index in [9.17, 15) is 13.2 Å². The minimum absolute atomic E-state index is 0.0391. The van der Waals surface area contributed by atoms with Crippen LogP contribution in [-0.4, -0.2) is 50.8 Å². The van der Waals surface area contributed by atoms with Gasteiger partial charge in [0.1, 0.15) is 17.8 Å². The summed E-state index contributed by atoms with van der Waals surface area (Å²) in [5, 5.41) is 15.8. The SMILES string of the molecule is Fc1ccc(F)c([C@H]2C[C@H](F)CN2c2n[nH]c3ncc(-c4cnn([C@H]5CCNC5)c4)cc23)c1. The van der Waals surface area contributed by atoms with Crippen LogP contribution in [0, 0.1) is 11.6 Å². The third kappa shape index (κ3) is 3.54. The zero-order chi connectivity index (χ0) is 22.5. The van der Waals surface area contributed by atoms with Gasteiger partial charge in [-0.15, -0.1) is 0 Å². The lowest BCUT2D eigenvalue weighted by Gasteiger charge is -2.25. The smallest absolute Gasteiger partial charge is 0.160 e. The van der Waals surface area contributed by atoms with Crippen LogP contribution in [0.4, 0.5) is 19.0 Å². The number of benzene rings is 1. The number of nitrogens with one attached hydrogen (secondary N) is 2. The van der Waals surface area contributed by atoms with E-state index in [0.717, 1.165) is 48.8 Å². The monoisotopic (exact) mass is 453 g/mol. The average molecular weight is 453 g/mol. The Labute approximate surface area is 187 Å². The molecule has 33 heavy (non-hydrogen) atoms. The molecule has 0 bridgehead atoms. The van der Waals surface area contributed by atoms with Crippen LogP contribution in [0.25, 0.3) is 22.2 Å². The molecule has 0 radical (unpaired) electrons.